The third-order valence-electron chi connectivity index (χ3n) is 4.45. The SMILES string of the molecule is CCn1c(N/N=C\c2ccc(OC)c(OC)c2)nc2c1c(=O)n(C)c(=O)n2C. The Hall–Kier alpha value is -3.56. The summed E-state index contributed by atoms with van der Waals surface area (Å²) in [5, 5.41) is 4.20. The Morgan fingerprint density at radius 2 is 1.86 bits per heavy atom. The first-order chi connectivity index (χ1) is 13.4. The van der Waals surface area contributed by atoms with Crippen LogP contribution in [0.4, 0.5) is 5.95 Å². The predicted molar refractivity (Wildman–Crippen MR) is 107 cm³/mol. The van der Waals surface area contributed by atoms with E-state index < -0.39 is 11.2 Å². The molecule has 2 heterocycles. The van der Waals surface area contributed by atoms with E-state index in [0.717, 1.165) is 10.1 Å². The molecule has 0 saturated heterocycles. The third-order valence-corrected chi connectivity index (χ3v) is 4.45. The number of rotatable bonds is 6. The number of anilines is 1. The number of aryl methyl sites for hydroxylation is 2. The number of methoxy groups -OCH3 is 2. The normalized spacial score (nSPS) is 11.3. The number of hydrogen-bond donors (Lipinski definition) is 1. The molecule has 10 nitrogen and oxygen atoms in total. The van der Waals surface area contributed by atoms with Crippen molar-refractivity contribution in [3.63, 3.8) is 0 Å². The summed E-state index contributed by atoms with van der Waals surface area (Å²) in [4.78, 5) is 29.0. The summed E-state index contributed by atoms with van der Waals surface area (Å²) in [6.45, 7) is 2.37. The van der Waals surface area contributed by atoms with E-state index >= 15 is 0 Å². The Bertz CT molecular complexity index is 1170. The van der Waals surface area contributed by atoms with Crippen LogP contribution in [0.5, 0.6) is 11.5 Å². The zero-order valence-electron chi connectivity index (χ0n) is 16.4. The van der Waals surface area contributed by atoms with Crippen molar-refractivity contribution >= 4 is 23.3 Å². The maximum absolute atomic E-state index is 12.5. The van der Waals surface area contributed by atoms with Gasteiger partial charge in [-0.05, 0) is 30.7 Å². The molecular formula is C18H22N6O4. The standard InChI is InChI=1S/C18H22N6O4/c1-6-24-14-15(22(2)18(26)23(3)16(14)25)20-17(24)21-19-10-11-7-8-12(27-4)13(9-11)28-5/h7-10H,6H2,1-5H3,(H,20,21)/b19-10-. The topological polar surface area (TPSA) is 105 Å². The van der Waals surface area contributed by atoms with E-state index in [-0.39, 0.29) is 0 Å². The molecule has 0 unspecified atom stereocenters. The first-order valence-corrected chi connectivity index (χ1v) is 8.60. The van der Waals surface area contributed by atoms with Crippen LogP contribution in [-0.4, -0.2) is 39.1 Å². The monoisotopic (exact) mass is 386 g/mol. The van der Waals surface area contributed by atoms with Crippen LogP contribution in [0.3, 0.4) is 0 Å². The molecule has 28 heavy (non-hydrogen) atoms. The van der Waals surface area contributed by atoms with Gasteiger partial charge in [-0.2, -0.15) is 10.1 Å². The molecule has 0 radical (unpaired) electrons. The molecule has 0 saturated carbocycles. The first kappa shape index (κ1) is 19.2. The third kappa shape index (κ3) is 3.13. The molecule has 1 aromatic carbocycles. The van der Waals surface area contributed by atoms with E-state index in [1.54, 1.807) is 44.2 Å². The lowest BCUT2D eigenvalue weighted by Gasteiger charge is -2.07. The summed E-state index contributed by atoms with van der Waals surface area (Å²) >= 11 is 0. The number of nitrogens with zero attached hydrogens (tertiary/aromatic N) is 5. The van der Waals surface area contributed by atoms with Crippen LogP contribution < -0.4 is 26.1 Å². The highest BCUT2D eigenvalue weighted by Gasteiger charge is 2.17. The zero-order valence-corrected chi connectivity index (χ0v) is 16.4. The number of ether oxygens (including phenoxy) is 2. The molecule has 3 aromatic rings. The van der Waals surface area contributed by atoms with E-state index in [9.17, 15) is 9.59 Å². The molecule has 0 atom stereocenters. The summed E-state index contributed by atoms with van der Waals surface area (Å²) in [7, 11) is 6.15. The van der Waals surface area contributed by atoms with Crippen molar-refractivity contribution in [1.29, 1.82) is 0 Å². The van der Waals surface area contributed by atoms with Crippen molar-refractivity contribution in [2.75, 3.05) is 19.6 Å². The summed E-state index contributed by atoms with van der Waals surface area (Å²) in [5.74, 6) is 1.58. The van der Waals surface area contributed by atoms with Crippen LogP contribution >= 0.6 is 0 Å². The van der Waals surface area contributed by atoms with Gasteiger partial charge in [0.05, 0.1) is 20.4 Å². The Morgan fingerprint density at radius 3 is 2.50 bits per heavy atom. The molecule has 0 fully saturated rings. The molecule has 3 rings (SSSR count). The van der Waals surface area contributed by atoms with Gasteiger partial charge in [0.25, 0.3) is 5.56 Å². The second-order valence-corrected chi connectivity index (χ2v) is 6.04. The number of nitrogens with one attached hydrogen (secondary N) is 1. The van der Waals surface area contributed by atoms with Crippen LogP contribution in [0.1, 0.15) is 12.5 Å². The van der Waals surface area contributed by atoms with Gasteiger partial charge in [0.1, 0.15) is 0 Å². The van der Waals surface area contributed by atoms with Gasteiger partial charge < -0.3 is 14.0 Å². The molecule has 0 spiro atoms. The van der Waals surface area contributed by atoms with Crippen LogP contribution in [0.25, 0.3) is 11.2 Å². The maximum atomic E-state index is 12.5. The fourth-order valence-corrected chi connectivity index (χ4v) is 2.94. The summed E-state index contributed by atoms with van der Waals surface area (Å²) < 4.78 is 14.6. The van der Waals surface area contributed by atoms with Gasteiger partial charge in [0.2, 0.25) is 5.95 Å². The Labute approximate surface area is 160 Å². The largest absolute Gasteiger partial charge is 0.493 e. The lowest BCUT2D eigenvalue weighted by atomic mass is 10.2. The molecule has 2 aromatic heterocycles. The minimum Gasteiger partial charge on any atom is -0.493 e. The van der Waals surface area contributed by atoms with E-state index in [2.05, 4.69) is 15.5 Å². The van der Waals surface area contributed by atoms with Crippen LogP contribution in [0.15, 0.2) is 32.9 Å². The lowest BCUT2D eigenvalue weighted by Crippen LogP contribution is -2.37. The van der Waals surface area contributed by atoms with Crippen LogP contribution in [0.2, 0.25) is 0 Å². The summed E-state index contributed by atoms with van der Waals surface area (Å²) in [6.07, 6.45) is 1.60. The molecule has 0 amide bonds. The van der Waals surface area contributed by atoms with Gasteiger partial charge in [-0.1, -0.05) is 0 Å². The second kappa shape index (κ2) is 7.59. The van der Waals surface area contributed by atoms with Gasteiger partial charge in [0.15, 0.2) is 22.7 Å². The number of imidazole rings is 1. The van der Waals surface area contributed by atoms with Crippen molar-refractivity contribution in [1.82, 2.24) is 18.7 Å². The molecule has 148 valence electrons. The Balaban J connectivity index is 1.98. The van der Waals surface area contributed by atoms with E-state index in [1.807, 2.05) is 13.0 Å². The zero-order chi connectivity index (χ0) is 20.4. The van der Waals surface area contributed by atoms with E-state index in [1.165, 1.54) is 11.6 Å². The Morgan fingerprint density at radius 1 is 1.14 bits per heavy atom. The first-order valence-electron chi connectivity index (χ1n) is 8.60. The number of hydrazone groups is 1. The molecule has 0 aliphatic carbocycles. The van der Waals surface area contributed by atoms with Gasteiger partial charge in [-0.3, -0.25) is 13.9 Å². The number of fused-ring (bicyclic) bond motifs is 1. The van der Waals surface area contributed by atoms with Gasteiger partial charge in [0, 0.05) is 20.6 Å². The van der Waals surface area contributed by atoms with Gasteiger partial charge in [-0.25, -0.2) is 10.2 Å². The molecule has 1 N–H and O–H groups in total. The minimum absolute atomic E-state index is 0.304. The molecule has 0 aliphatic heterocycles. The van der Waals surface area contributed by atoms with Crippen LogP contribution in [-0.2, 0) is 20.6 Å². The van der Waals surface area contributed by atoms with Gasteiger partial charge >= 0.3 is 5.69 Å². The number of hydrogen-bond acceptors (Lipinski definition) is 7. The van der Waals surface area contributed by atoms with Crippen molar-refractivity contribution in [2.24, 2.45) is 19.2 Å². The Kier molecular flexibility index (Phi) is 5.21. The highest BCUT2D eigenvalue weighted by Crippen LogP contribution is 2.26. The van der Waals surface area contributed by atoms with E-state index in [4.69, 9.17) is 9.47 Å². The van der Waals surface area contributed by atoms with Crippen molar-refractivity contribution in [3.8, 4) is 11.5 Å². The number of aromatic nitrogens is 4. The highest BCUT2D eigenvalue weighted by atomic mass is 16.5. The lowest BCUT2D eigenvalue weighted by molar-refractivity contribution is 0.355. The van der Waals surface area contributed by atoms with Crippen molar-refractivity contribution in [3.05, 3.63) is 44.6 Å². The second-order valence-electron chi connectivity index (χ2n) is 6.04. The van der Waals surface area contributed by atoms with Gasteiger partial charge in [-0.15, -0.1) is 0 Å². The highest BCUT2D eigenvalue weighted by molar-refractivity contribution is 5.81. The predicted octanol–water partition coefficient (Wildman–Crippen LogP) is 0.917. The van der Waals surface area contributed by atoms with Crippen LogP contribution in [0, 0.1) is 0 Å². The molecule has 0 bridgehead atoms. The summed E-state index contributed by atoms with van der Waals surface area (Å²) in [5.41, 5.74) is 3.45. The molecule has 0 aliphatic rings. The fourth-order valence-electron chi connectivity index (χ4n) is 2.94. The molecular weight excluding hydrogens is 364 g/mol. The smallest absolute Gasteiger partial charge is 0.332 e. The maximum Gasteiger partial charge on any atom is 0.332 e. The quantitative estimate of drug-likeness (QED) is 0.499. The average molecular weight is 386 g/mol. The van der Waals surface area contributed by atoms with E-state index in [0.29, 0.717) is 35.2 Å². The number of benzene rings is 1. The average Bonchev–Trinajstić information content (AvgIpc) is 3.09. The minimum atomic E-state index is -0.432. The van der Waals surface area contributed by atoms with Crippen molar-refractivity contribution in [2.45, 2.75) is 13.5 Å². The fraction of sp³-hybridized carbons (Fsp3) is 0.333. The van der Waals surface area contributed by atoms with Crippen molar-refractivity contribution < 1.29 is 9.47 Å². The summed E-state index contributed by atoms with van der Waals surface area (Å²) in [6, 6.07) is 5.39. The molecule has 10 heteroatoms.